The molecule has 0 spiro atoms. The van der Waals surface area contributed by atoms with Gasteiger partial charge in [0, 0.05) is 43.7 Å². The number of aromatic nitrogens is 2. The summed E-state index contributed by atoms with van der Waals surface area (Å²) in [4.78, 5) is 33.4. The number of aryl methyl sites for hydroxylation is 1. The fourth-order valence-corrected chi connectivity index (χ4v) is 3.91. The topological polar surface area (TPSA) is 58.4 Å². The van der Waals surface area contributed by atoms with E-state index >= 15 is 0 Å². The van der Waals surface area contributed by atoms with Crippen LogP contribution in [0.1, 0.15) is 48.9 Å². The largest absolute Gasteiger partial charge is 0.339 e. The minimum Gasteiger partial charge on any atom is -0.339 e. The molecule has 1 saturated heterocycles. The van der Waals surface area contributed by atoms with E-state index in [-0.39, 0.29) is 17.7 Å². The molecule has 6 nitrogen and oxygen atoms in total. The second-order valence-corrected chi connectivity index (χ2v) is 7.72. The number of benzene rings is 1. The van der Waals surface area contributed by atoms with Gasteiger partial charge >= 0.3 is 0 Å². The van der Waals surface area contributed by atoms with Crippen molar-refractivity contribution in [1.29, 1.82) is 0 Å². The average Bonchev–Trinajstić information content (AvgIpc) is 3.42. The Labute approximate surface area is 153 Å². The maximum Gasteiger partial charge on any atom is 0.254 e. The van der Waals surface area contributed by atoms with Gasteiger partial charge in [0.2, 0.25) is 5.91 Å². The van der Waals surface area contributed by atoms with Crippen LogP contribution in [-0.2, 0) is 4.79 Å². The van der Waals surface area contributed by atoms with Crippen LogP contribution in [0.4, 0.5) is 0 Å². The van der Waals surface area contributed by atoms with Gasteiger partial charge in [-0.25, -0.2) is 4.98 Å². The Bertz CT molecular complexity index is 858. The van der Waals surface area contributed by atoms with Crippen molar-refractivity contribution in [3.63, 3.8) is 0 Å². The zero-order valence-electron chi connectivity index (χ0n) is 15.7. The maximum absolute atomic E-state index is 12.9. The molecule has 0 radical (unpaired) electrons. The summed E-state index contributed by atoms with van der Waals surface area (Å²) in [5.41, 5.74) is 2.60. The third-order valence-electron chi connectivity index (χ3n) is 5.43. The Balaban J connectivity index is 1.49. The lowest BCUT2D eigenvalue weighted by Gasteiger charge is -2.35. The molecule has 0 atom stereocenters. The van der Waals surface area contributed by atoms with Crippen LogP contribution in [0, 0.1) is 12.8 Å². The molecule has 2 amide bonds. The predicted octanol–water partition coefficient (Wildman–Crippen LogP) is 2.62. The molecule has 0 N–H and O–H groups in total. The summed E-state index contributed by atoms with van der Waals surface area (Å²) >= 11 is 0. The molecule has 1 saturated carbocycles. The first-order valence-corrected chi connectivity index (χ1v) is 9.52. The normalized spacial score (nSPS) is 18.0. The van der Waals surface area contributed by atoms with Crippen molar-refractivity contribution >= 4 is 22.8 Å². The molecule has 138 valence electrons. The summed E-state index contributed by atoms with van der Waals surface area (Å²) in [5, 5.41) is 0. The van der Waals surface area contributed by atoms with Crippen LogP contribution in [0.5, 0.6) is 0 Å². The van der Waals surface area contributed by atoms with E-state index in [1.807, 2.05) is 34.9 Å². The Hall–Kier alpha value is -2.37. The summed E-state index contributed by atoms with van der Waals surface area (Å²) in [6.45, 7) is 8.77. The van der Waals surface area contributed by atoms with Gasteiger partial charge in [-0.1, -0.05) is 0 Å². The number of carbonyl (C=O) groups excluding carboxylic acids is 2. The Morgan fingerprint density at radius 3 is 2.35 bits per heavy atom. The first-order valence-electron chi connectivity index (χ1n) is 9.52. The molecule has 1 aromatic carbocycles. The van der Waals surface area contributed by atoms with E-state index in [9.17, 15) is 9.59 Å². The van der Waals surface area contributed by atoms with Crippen molar-refractivity contribution < 1.29 is 9.59 Å². The Morgan fingerprint density at radius 1 is 1.08 bits per heavy atom. The molecule has 1 aliphatic carbocycles. The van der Waals surface area contributed by atoms with Gasteiger partial charge in [0.15, 0.2) is 0 Å². The molecule has 4 rings (SSSR count). The van der Waals surface area contributed by atoms with E-state index < -0.39 is 0 Å². The molecular formula is C20H26N4O2. The quantitative estimate of drug-likeness (QED) is 0.851. The third kappa shape index (κ3) is 2.97. The second-order valence-electron chi connectivity index (χ2n) is 7.72. The number of amides is 2. The number of rotatable bonds is 3. The van der Waals surface area contributed by atoms with Crippen molar-refractivity contribution in [2.75, 3.05) is 26.2 Å². The first kappa shape index (κ1) is 17.1. The van der Waals surface area contributed by atoms with E-state index in [1.54, 1.807) is 0 Å². The SMILES string of the molecule is Cc1nc2cc(C(=O)N3CCN(C(=O)C4CC4)CC3)ccc2n1C(C)C. The number of carbonyl (C=O) groups is 2. The number of imidazole rings is 1. The fourth-order valence-electron chi connectivity index (χ4n) is 3.91. The minimum absolute atomic E-state index is 0.0298. The molecule has 2 aliphatic rings. The number of hydrogen-bond acceptors (Lipinski definition) is 3. The van der Waals surface area contributed by atoms with Gasteiger partial charge in [0.25, 0.3) is 5.91 Å². The van der Waals surface area contributed by atoms with Crippen LogP contribution in [0.2, 0.25) is 0 Å². The van der Waals surface area contributed by atoms with Crippen LogP contribution in [-0.4, -0.2) is 57.3 Å². The lowest BCUT2D eigenvalue weighted by atomic mass is 10.1. The van der Waals surface area contributed by atoms with Crippen molar-refractivity contribution in [2.24, 2.45) is 5.92 Å². The summed E-state index contributed by atoms with van der Waals surface area (Å²) < 4.78 is 2.19. The highest BCUT2D eigenvalue weighted by Gasteiger charge is 2.35. The van der Waals surface area contributed by atoms with Gasteiger partial charge in [0.05, 0.1) is 11.0 Å². The molecule has 1 aromatic heterocycles. The molecule has 2 aromatic rings. The van der Waals surface area contributed by atoms with E-state index in [4.69, 9.17) is 0 Å². The second kappa shape index (κ2) is 6.41. The number of nitrogens with zero attached hydrogens (tertiary/aromatic N) is 4. The first-order chi connectivity index (χ1) is 12.5. The number of hydrogen-bond donors (Lipinski definition) is 0. The van der Waals surface area contributed by atoms with Gasteiger partial charge in [-0.3, -0.25) is 9.59 Å². The lowest BCUT2D eigenvalue weighted by Crippen LogP contribution is -2.51. The van der Waals surface area contributed by atoms with E-state index in [1.165, 1.54) is 0 Å². The maximum atomic E-state index is 12.9. The predicted molar refractivity (Wildman–Crippen MR) is 100 cm³/mol. The van der Waals surface area contributed by atoms with Crippen molar-refractivity contribution in [2.45, 2.75) is 39.7 Å². The van der Waals surface area contributed by atoms with Gasteiger partial charge in [-0.2, -0.15) is 0 Å². The summed E-state index contributed by atoms with van der Waals surface area (Å²) in [7, 11) is 0. The Kier molecular flexibility index (Phi) is 4.21. The van der Waals surface area contributed by atoms with E-state index in [2.05, 4.69) is 23.4 Å². The molecule has 2 fully saturated rings. The Morgan fingerprint density at radius 2 is 1.73 bits per heavy atom. The summed E-state index contributed by atoms with van der Waals surface area (Å²) in [6.07, 6.45) is 2.06. The third-order valence-corrected chi connectivity index (χ3v) is 5.43. The zero-order valence-corrected chi connectivity index (χ0v) is 15.7. The summed E-state index contributed by atoms with van der Waals surface area (Å²) in [5.74, 6) is 1.51. The van der Waals surface area contributed by atoms with Crippen molar-refractivity contribution in [1.82, 2.24) is 19.4 Å². The van der Waals surface area contributed by atoms with Gasteiger partial charge in [-0.05, 0) is 51.8 Å². The smallest absolute Gasteiger partial charge is 0.254 e. The van der Waals surface area contributed by atoms with Crippen LogP contribution in [0.15, 0.2) is 18.2 Å². The van der Waals surface area contributed by atoms with Gasteiger partial charge < -0.3 is 14.4 Å². The molecule has 6 heteroatoms. The highest BCUT2D eigenvalue weighted by Crippen LogP contribution is 2.31. The van der Waals surface area contributed by atoms with E-state index in [0.717, 1.165) is 29.7 Å². The van der Waals surface area contributed by atoms with Crippen LogP contribution in [0.25, 0.3) is 11.0 Å². The molecule has 0 bridgehead atoms. The fraction of sp³-hybridized carbons (Fsp3) is 0.550. The average molecular weight is 354 g/mol. The monoisotopic (exact) mass is 354 g/mol. The van der Waals surface area contributed by atoms with Gasteiger partial charge in [0.1, 0.15) is 5.82 Å². The van der Waals surface area contributed by atoms with E-state index in [0.29, 0.717) is 37.8 Å². The minimum atomic E-state index is 0.0298. The number of fused-ring (bicyclic) bond motifs is 1. The summed E-state index contributed by atoms with van der Waals surface area (Å²) in [6, 6.07) is 6.12. The molecular weight excluding hydrogens is 328 g/mol. The molecule has 0 unspecified atom stereocenters. The zero-order chi connectivity index (χ0) is 18.4. The van der Waals surface area contributed by atoms with Crippen molar-refractivity contribution in [3.8, 4) is 0 Å². The molecule has 1 aliphatic heterocycles. The van der Waals surface area contributed by atoms with Crippen LogP contribution >= 0.6 is 0 Å². The standard InChI is InChI=1S/C20H26N4O2/c1-13(2)24-14(3)21-17-12-16(6-7-18(17)24)20(26)23-10-8-22(9-11-23)19(25)15-4-5-15/h6-7,12-13,15H,4-5,8-11H2,1-3H3. The van der Waals surface area contributed by atoms with Crippen LogP contribution < -0.4 is 0 Å². The highest BCUT2D eigenvalue weighted by molar-refractivity contribution is 5.97. The molecule has 2 heterocycles. The van der Waals surface area contributed by atoms with Gasteiger partial charge in [-0.15, -0.1) is 0 Å². The lowest BCUT2D eigenvalue weighted by molar-refractivity contribution is -0.134. The highest BCUT2D eigenvalue weighted by atomic mass is 16.2. The number of piperazine rings is 1. The molecule has 26 heavy (non-hydrogen) atoms. The van der Waals surface area contributed by atoms with Crippen LogP contribution in [0.3, 0.4) is 0 Å². The van der Waals surface area contributed by atoms with Crippen molar-refractivity contribution in [3.05, 3.63) is 29.6 Å².